The Morgan fingerprint density at radius 3 is 2.09 bits per heavy atom. The van der Waals surface area contributed by atoms with Crippen LogP contribution in [0.1, 0.15) is 0 Å². The zero-order valence-corrected chi connectivity index (χ0v) is 13.0. The molecule has 2 aromatic carbocycles. The van der Waals surface area contributed by atoms with E-state index in [1.165, 1.54) is 0 Å². The molecule has 0 amide bonds. The molecule has 0 saturated heterocycles. The van der Waals surface area contributed by atoms with E-state index in [0.717, 1.165) is 32.4 Å². The highest BCUT2D eigenvalue weighted by atomic mass is 32.1. The van der Waals surface area contributed by atoms with Gasteiger partial charge in [0.2, 0.25) is 0 Å². The maximum Gasteiger partial charge on any atom is 0.151 e. The molecule has 4 rings (SSSR count). The number of rotatable bonds is 4. The lowest BCUT2D eigenvalue weighted by Crippen LogP contribution is -1.93. The van der Waals surface area contributed by atoms with Crippen molar-refractivity contribution in [1.29, 1.82) is 0 Å². The van der Waals surface area contributed by atoms with Crippen LogP contribution in [0.15, 0.2) is 73.1 Å². The quantitative estimate of drug-likeness (QED) is 0.544. The van der Waals surface area contributed by atoms with Crippen LogP contribution in [0.3, 0.4) is 0 Å². The lowest BCUT2D eigenvalue weighted by atomic mass is 10.3. The molecule has 0 radical (unpaired) electrons. The molecule has 4 nitrogen and oxygen atoms in total. The minimum absolute atomic E-state index is 0.826. The highest BCUT2D eigenvalue weighted by Gasteiger charge is 2.09. The number of nitrogens with zero attached hydrogens (tertiary/aromatic N) is 2. The van der Waals surface area contributed by atoms with E-state index in [2.05, 4.69) is 20.6 Å². The SMILES string of the molecule is c1ccc(Nc2cc3ncnc(Nc4ccccc4)c3s2)cc1. The molecule has 0 aliphatic carbocycles. The number of nitrogens with one attached hydrogen (secondary N) is 2. The molecule has 2 N–H and O–H groups in total. The standard InChI is InChI=1S/C18H14N4S/c1-3-7-13(8-4-1)21-16-11-15-17(23-16)18(20-12-19-15)22-14-9-5-2-6-10-14/h1-12,21H,(H,19,20,22). The van der Waals surface area contributed by atoms with Gasteiger partial charge in [0.1, 0.15) is 6.33 Å². The van der Waals surface area contributed by atoms with E-state index in [9.17, 15) is 0 Å². The van der Waals surface area contributed by atoms with E-state index in [1.807, 2.05) is 66.7 Å². The van der Waals surface area contributed by atoms with Crippen LogP contribution in [0.5, 0.6) is 0 Å². The average Bonchev–Trinajstić information content (AvgIpc) is 3.00. The van der Waals surface area contributed by atoms with Crippen LogP contribution >= 0.6 is 11.3 Å². The first-order valence-corrected chi connectivity index (χ1v) is 8.09. The van der Waals surface area contributed by atoms with Gasteiger partial charge in [-0.25, -0.2) is 9.97 Å². The Bertz CT molecular complexity index is 920. The minimum Gasteiger partial charge on any atom is -0.347 e. The lowest BCUT2D eigenvalue weighted by molar-refractivity contribution is 1.23. The Morgan fingerprint density at radius 2 is 1.39 bits per heavy atom. The first-order chi connectivity index (χ1) is 11.4. The topological polar surface area (TPSA) is 49.8 Å². The van der Waals surface area contributed by atoms with Gasteiger partial charge in [0.05, 0.1) is 15.2 Å². The summed E-state index contributed by atoms with van der Waals surface area (Å²) in [6, 6.07) is 22.2. The summed E-state index contributed by atoms with van der Waals surface area (Å²) in [4.78, 5) is 8.75. The van der Waals surface area contributed by atoms with E-state index >= 15 is 0 Å². The normalized spacial score (nSPS) is 10.6. The second-order valence-electron chi connectivity index (χ2n) is 5.03. The van der Waals surface area contributed by atoms with Crippen molar-refractivity contribution in [2.45, 2.75) is 0 Å². The van der Waals surface area contributed by atoms with Gasteiger partial charge in [-0.15, -0.1) is 11.3 Å². The van der Waals surface area contributed by atoms with Gasteiger partial charge in [0.25, 0.3) is 0 Å². The van der Waals surface area contributed by atoms with Crippen molar-refractivity contribution in [3.8, 4) is 0 Å². The molecule has 2 aromatic heterocycles. The zero-order valence-electron chi connectivity index (χ0n) is 12.2. The fourth-order valence-corrected chi connectivity index (χ4v) is 3.30. The molecule has 0 atom stereocenters. The largest absolute Gasteiger partial charge is 0.347 e. The third-order valence-corrected chi connectivity index (χ3v) is 4.44. The van der Waals surface area contributed by atoms with Gasteiger partial charge in [-0.2, -0.15) is 0 Å². The third kappa shape index (κ3) is 3.00. The van der Waals surface area contributed by atoms with Crippen molar-refractivity contribution < 1.29 is 0 Å². The summed E-state index contributed by atoms with van der Waals surface area (Å²) in [5, 5.41) is 7.81. The van der Waals surface area contributed by atoms with Crippen molar-refractivity contribution in [2.75, 3.05) is 10.6 Å². The summed E-state index contributed by atoms with van der Waals surface area (Å²) in [6.45, 7) is 0. The Labute approximate surface area is 137 Å². The van der Waals surface area contributed by atoms with E-state index in [-0.39, 0.29) is 0 Å². The van der Waals surface area contributed by atoms with Crippen LogP contribution in [0.4, 0.5) is 22.2 Å². The fourth-order valence-electron chi connectivity index (χ4n) is 2.33. The summed E-state index contributed by atoms with van der Waals surface area (Å²) in [7, 11) is 0. The molecule has 4 aromatic rings. The number of benzene rings is 2. The second kappa shape index (κ2) is 6.06. The zero-order chi connectivity index (χ0) is 15.5. The number of aromatic nitrogens is 2. The molecule has 0 spiro atoms. The number of thiophene rings is 1. The third-order valence-electron chi connectivity index (χ3n) is 3.39. The predicted molar refractivity (Wildman–Crippen MR) is 96.9 cm³/mol. The molecular weight excluding hydrogens is 304 g/mol. The van der Waals surface area contributed by atoms with Gasteiger partial charge < -0.3 is 10.6 Å². The summed E-state index contributed by atoms with van der Waals surface area (Å²) in [5.74, 6) is 0.826. The van der Waals surface area contributed by atoms with Crippen molar-refractivity contribution >= 4 is 43.7 Å². The van der Waals surface area contributed by atoms with E-state index in [1.54, 1.807) is 17.7 Å². The first-order valence-electron chi connectivity index (χ1n) is 7.27. The summed E-state index contributed by atoms with van der Waals surface area (Å²) in [5.41, 5.74) is 3.00. The maximum atomic E-state index is 4.38. The Hall–Kier alpha value is -2.92. The smallest absolute Gasteiger partial charge is 0.151 e. The highest BCUT2D eigenvalue weighted by Crippen LogP contribution is 2.35. The average molecular weight is 318 g/mol. The van der Waals surface area contributed by atoms with Crippen molar-refractivity contribution in [3.63, 3.8) is 0 Å². The molecular formula is C18H14N4S. The summed E-state index contributed by atoms with van der Waals surface area (Å²) < 4.78 is 1.04. The van der Waals surface area contributed by atoms with Crippen LogP contribution < -0.4 is 10.6 Å². The second-order valence-corrected chi connectivity index (χ2v) is 6.08. The summed E-state index contributed by atoms with van der Waals surface area (Å²) >= 11 is 1.64. The van der Waals surface area contributed by atoms with Crippen LogP contribution in [-0.2, 0) is 0 Å². The molecule has 23 heavy (non-hydrogen) atoms. The molecule has 5 heteroatoms. The number of hydrogen-bond donors (Lipinski definition) is 2. The predicted octanol–water partition coefficient (Wildman–Crippen LogP) is 5.18. The maximum absolute atomic E-state index is 4.38. The number of para-hydroxylation sites is 2. The van der Waals surface area contributed by atoms with Crippen LogP contribution in [0.25, 0.3) is 10.2 Å². The molecule has 0 aliphatic heterocycles. The van der Waals surface area contributed by atoms with Crippen molar-refractivity contribution in [1.82, 2.24) is 9.97 Å². The molecule has 0 bridgehead atoms. The van der Waals surface area contributed by atoms with E-state index in [0.29, 0.717) is 0 Å². The molecule has 0 aliphatic rings. The molecule has 0 saturated carbocycles. The summed E-state index contributed by atoms with van der Waals surface area (Å²) in [6.07, 6.45) is 1.59. The fraction of sp³-hybridized carbons (Fsp3) is 0. The Balaban J connectivity index is 1.67. The van der Waals surface area contributed by atoms with E-state index in [4.69, 9.17) is 0 Å². The van der Waals surface area contributed by atoms with Gasteiger partial charge in [-0.05, 0) is 30.3 Å². The molecule has 0 unspecified atom stereocenters. The van der Waals surface area contributed by atoms with Crippen LogP contribution in [0.2, 0.25) is 0 Å². The molecule has 112 valence electrons. The minimum atomic E-state index is 0.826. The van der Waals surface area contributed by atoms with Crippen molar-refractivity contribution in [3.05, 3.63) is 73.1 Å². The Morgan fingerprint density at radius 1 is 0.739 bits per heavy atom. The lowest BCUT2D eigenvalue weighted by Gasteiger charge is -2.05. The van der Waals surface area contributed by atoms with E-state index < -0.39 is 0 Å². The molecule has 2 heterocycles. The first kappa shape index (κ1) is 13.7. The van der Waals surface area contributed by atoms with Gasteiger partial charge >= 0.3 is 0 Å². The van der Waals surface area contributed by atoms with Gasteiger partial charge in [-0.1, -0.05) is 36.4 Å². The van der Waals surface area contributed by atoms with Crippen molar-refractivity contribution in [2.24, 2.45) is 0 Å². The molecule has 0 fully saturated rings. The van der Waals surface area contributed by atoms with Crippen LogP contribution in [0, 0.1) is 0 Å². The Kier molecular flexibility index (Phi) is 3.62. The monoisotopic (exact) mass is 318 g/mol. The van der Waals surface area contributed by atoms with Gasteiger partial charge in [0.15, 0.2) is 5.82 Å². The van der Waals surface area contributed by atoms with Gasteiger partial charge in [-0.3, -0.25) is 0 Å². The number of anilines is 4. The van der Waals surface area contributed by atoms with Gasteiger partial charge in [0, 0.05) is 11.4 Å². The van der Waals surface area contributed by atoms with Crippen LogP contribution in [-0.4, -0.2) is 9.97 Å². The highest BCUT2D eigenvalue weighted by molar-refractivity contribution is 7.23. The number of fused-ring (bicyclic) bond motifs is 1. The number of hydrogen-bond acceptors (Lipinski definition) is 5.